The van der Waals surface area contributed by atoms with E-state index in [0.29, 0.717) is 23.9 Å². The van der Waals surface area contributed by atoms with Gasteiger partial charge in [-0.05, 0) is 25.0 Å². The van der Waals surface area contributed by atoms with Gasteiger partial charge in [-0.25, -0.2) is 9.78 Å². The summed E-state index contributed by atoms with van der Waals surface area (Å²) in [5.41, 5.74) is 0.517. The van der Waals surface area contributed by atoms with Crippen LogP contribution in [0.2, 0.25) is 0 Å². The zero-order chi connectivity index (χ0) is 19.3. The number of para-hydroxylation sites is 2. The number of rotatable bonds is 5. The Balaban J connectivity index is 1.55. The molecule has 1 heterocycles. The minimum atomic E-state index is -0.796. The van der Waals surface area contributed by atoms with Crippen LogP contribution in [0.4, 0.5) is 0 Å². The van der Waals surface area contributed by atoms with Crippen LogP contribution in [0.15, 0.2) is 34.8 Å². The Morgan fingerprint density at radius 2 is 2.07 bits per heavy atom. The zero-order valence-corrected chi connectivity index (χ0v) is 15.2. The number of benzene rings is 1. The van der Waals surface area contributed by atoms with E-state index in [9.17, 15) is 14.9 Å². The molecule has 3 rings (SSSR count). The number of hydrogen-bond acceptors (Lipinski definition) is 6. The Morgan fingerprint density at radius 3 is 2.78 bits per heavy atom. The number of likely N-dealkylation sites (N-methyl/N-ethyl adjacent to an activating group) is 1. The molecule has 0 atom stereocenters. The fourth-order valence-corrected chi connectivity index (χ4v) is 3.28. The number of nitriles is 1. The molecule has 1 aliphatic carbocycles. The van der Waals surface area contributed by atoms with Gasteiger partial charge in [0.25, 0.3) is 5.91 Å². The van der Waals surface area contributed by atoms with Crippen LogP contribution in [0.3, 0.4) is 0 Å². The molecule has 0 spiro atoms. The number of carbonyl (C=O) groups excluding carboxylic acids is 2. The molecule has 0 radical (unpaired) electrons. The summed E-state index contributed by atoms with van der Waals surface area (Å²) in [6, 6.07) is 9.53. The van der Waals surface area contributed by atoms with E-state index >= 15 is 0 Å². The Labute approximate surface area is 157 Å². The number of carbonyl (C=O) groups is 2. The molecule has 27 heavy (non-hydrogen) atoms. The standard InChI is InChI=1S/C20H21N3O4/c1-23(20(14-21)11-5-2-6-12-20)18(24)13-26-19(25)10-9-17-22-15-7-3-4-8-16(15)27-17/h3-4,7-10H,2,5-6,11-13H2,1H3/b10-9+. The number of fused-ring (bicyclic) bond motifs is 1. The maximum Gasteiger partial charge on any atom is 0.331 e. The SMILES string of the molecule is CN(C(=O)COC(=O)/C=C/c1nc2ccccc2o1)C1(C#N)CCCCC1. The van der Waals surface area contributed by atoms with Crippen molar-refractivity contribution in [3.05, 3.63) is 36.2 Å². The summed E-state index contributed by atoms with van der Waals surface area (Å²) in [6.07, 6.45) is 6.76. The molecular weight excluding hydrogens is 346 g/mol. The highest BCUT2D eigenvalue weighted by molar-refractivity contribution is 5.89. The van der Waals surface area contributed by atoms with Crippen LogP contribution >= 0.6 is 0 Å². The van der Waals surface area contributed by atoms with E-state index in [4.69, 9.17) is 9.15 Å². The van der Waals surface area contributed by atoms with E-state index in [1.807, 2.05) is 12.1 Å². The van der Waals surface area contributed by atoms with Gasteiger partial charge in [0, 0.05) is 19.2 Å². The van der Waals surface area contributed by atoms with Crippen molar-refractivity contribution in [1.29, 1.82) is 5.26 Å². The Kier molecular flexibility index (Phi) is 5.55. The summed E-state index contributed by atoms with van der Waals surface area (Å²) in [5, 5.41) is 9.53. The maximum absolute atomic E-state index is 12.3. The summed E-state index contributed by atoms with van der Waals surface area (Å²) < 4.78 is 10.5. The average Bonchev–Trinajstić information content (AvgIpc) is 3.13. The van der Waals surface area contributed by atoms with E-state index in [0.717, 1.165) is 19.3 Å². The molecule has 0 saturated heterocycles. The summed E-state index contributed by atoms with van der Waals surface area (Å²) in [4.78, 5) is 29.9. The lowest BCUT2D eigenvalue weighted by Crippen LogP contribution is -2.51. The Bertz CT molecular complexity index is 870. The second-order valence-electron chi connectivity index (χ2n) is 6.62. The van der Waals surface area contributed by atoms with Gasteiger partial charge in [0.2, 0.25) is 5.89 Å². The maximum atomic E-state index is 12.3. The molecule has 7 heteroatoms. The molecule has 0 N–H and O–H groups in total. The first-order chi connectivity index (χ1) is 13.0. The summed E-state index contributed by atoms with van der Waals surface area (Å²) in [5.74, 6) is -0.780. The first-order valence-electron chi connectivity index (χ1n) is 8.92. The molecule has 0 aliphatic heterocycles. The number of oxazole rings is 1. The number of esters is 1. The Hall–Kier alpha value is -3.14. The van der Waals surface area contributed by atoms with Crippen LogP contribution in [0.25, 0.3) is 17.2 Å². The van der Waals surface area contributed by atoms with Crippen molar-refractivity contribution < 1.29 is 18.7 Å². The normalized spacial score (nSPS) is 16.1. The predicted molar refractivity (Wildman–Crippen MR) is 98.2 cm³/mol. The lowest BCUT2D eigenvalue weighted by atomic mass is 9.81. The molecule has 1 aromatic heterocycles. The van der Waals surface area contributed by atoms with Gasteiger partial charge in [-0.3, -0.25) is 4.79 Å². The van der Waals surface area contributed by atoms with Gasteiger partial charge in [-0.2, -0.15) is 5.26 Å². The molecule has 1 fully saturated rings. The van der Waals surface area contributed by atoms with Crippen molar-refractivity contribution in [2.75, 3.05) is 13.7 Å². The van der Waals surface area contributed by atoms with E-state index in [-0.39, 0.29) is 11.8 Å². The second kappa shape index (κ2) is 8.04. The van der Waals surface area contributed by atoms with Crippen LogP contribution in [0.5, 0.6) is 0 Å². The quantitative estimate of drug-likeness (QED) is 0.595. The fourth-order valence-electron chi connectivity index (χ4n) is 3.28. The summed E-state index contributed by atoms with van der Waals surface area (Å²) in [6.45, 7) is -0.406. The first-order valence-corrected chi connectivity index (χ1v) is 8.92. The van der Waals surface area contributed by atoms with Crippen LogP contribution in [-0.2, 0) is 14.3 Å². The molecule has 1 aromatic carbocycles. The average molecular weight is 367 g/mol. The van der Waals surface area contributed by atoms with Crippen LogP contribution in [0.1, 0.15) is 38.0 Å². The minimum absolute atomic E-state index is 0.280. The number of aromatic nitrogens is 1. The number of amides is 1. The van der Waals surface area contributed by atoms with Crippen molar-refractivity contribution in [3.63, 3.8) is 0 Å². The monoisotopic (exact) mass is 367 g/mol. The lowest BCUT2D eigenvalue weighted by Gasteiger charge is -2.38. The smallest absolute Gasteiger partial charge is 0.331 e. The third-order valence-corrected chi connectivity index (χ3v) is 4.92. The third-order valence-electron chi connectivity index (χ3n) is 4.92. The van der Waals surface area contributed by atoms with Crippen LogP contribution < -0.4 is 0 Å². The van der Waals surface area contributed by atoms with E-state index in [1.165, 1.54) is 17.1 Å². The van der Waals surface area contributed by atoms with Crippen molar-refractivity contribution in [2.45, 2.75) is 37.6 Å². The van der Waals surface area contributed by atoms with Gasteiger partial charge in [-0.1, -0.05) is 31.4 Å². The van der Waals surface area contributed by atoms with Gasteiger partial charge in [0.1, 0.15) is 11.1 Å². The molecular formula is C20H21N3O4. The zero-order valence-electron chi connectivity index (χ0n) is 15.2. The number of ether oxygens (including phenoxy) is 1. The van der Waals surface area contributed by atoms with Gasteiger partial charge < -0.3 is 14.1 Å². The van der Waals surface area contributed by atoms with E-state index in [2.05, 4.69) is 11.1 Å². The van der Waals surface area contributed by atoms with Gasteiger partial charge >= 0.3 is 5.97 Å². The first kappa shape index (κ1) is 18.6. The van der Waals surface area contributed by atoms with Crippen molar-refractivity contribution >= 4 is 29.1 Å². The highest BCUT2D eigenvalue weighted by atomic mass is 16.5. The van der Waals surface area contributed by atoms with Crippen molar-refractivity contribution in [3.8, 4) is 6.07 Å². The van der Waals surface area contributed by atoms with Gasteiger partial charge in [0.05, 0.1) is 6.07 Å². The van der Waals surface area contributed by atoms with Crippen LogP contribution in [-0.4, -0.2) is 41.0 Å². The molecule has 0 bridgehead atoms. The summed E-state index contributed by atoms with van der Waals surface area (Å²) in [7, 11) is 1.60. The second-order valence-corrected chi connectivity index (χ2v) is 6.62. The Morgan fingerprint density at radius 1 is 1.33 bits per heavy atom. The van der Waals surface area contributed by atoms with Crippen molar-refractivity contribution in [1.82, 2.24) is 9.88 Å². The topological polar surface area (TPSA) is 96.4 Å². The highest BCUT2D eigenvalue weighted by Crippen LogP contribution is 2.32. The van der Waals surface area contributed by atoms with E-state index in [1.54, 1.807) is 19.2 Å². The minimum Gasteiger partial charge on any atom is -0.452 e. The third kappa shape index (κ3) is 4.17. The summed E-state index contributed by atoms with van der Waals surface area (Å²) >= 11 is 0. The van der Waals surface area contributed by atoms with Crippen molar-refractivity contribution in [2.24, 2.45) is 0 Å². The number of nitrogens with zero attached hydrogens (tertiary/aromatic N) is 3. The molecule has 1 amide bonds. The van der Waals surface area contributed by atoms with Gasteiger partial charge in [0.15, 0.2) is 12.2 Å². The predicted octanol–water partition coefficient (Wildman–Crippen LogP) is 3.07. The van der Waals surface area contributed by atoms with Gasteiger partial charge in [-0.15, -0.1) is 0 Å². The number of hydrogen-bond donors (Lipinski definition) is 0. The van der Waals surface area contributed by atoms with Crippen LogP contribution in [0, 0.1) is 11.3 Å². The largest absolute Gasteiger partial charge is 0.452 e. The molecule has 7 nitrogen and oxygen atoms in total. The molecule has 1 saturated carbocycles. The molecule has 2 aromatic rings. The fraction of sp³-hybridized carbons (Fsp3) is 0.400. The highest BCUT2D eigenvalue weighted by Gasteiger charge is 2.38. The molecule has 1 aliphatic rings. The molecule has 0 unspecified atom stereocenters. The lowest BCUT2D eigenvalue weighted by molar-refractivity contribution is -0.150. The molecule has 140 valence electrons. The van der Waals surface area contributed by atoms with E-state index < -0.39 is 18.1 Å².